The molecule has 0 saturated heterocycles. The van der Waals surface area contributed by atoms with Gasteiger partial charge in [0, 0.05) is 25.1 Å². The number of carboxylic acid groups (broad SMARTS) is 1. The monoisotopic (exact) mass is 403 g/mol. The van der Waals surface area contributed by atoms with Crippen LogP contribution in [-0.4, -0.2) is 46.2 Å². The first kappa shape index (κ1) is 23.3. The molecule has 0 aliphatic heterocycles. The quantitative estimate of drug-likeness (QED) is 0.233. The normalized spacial score (nSPS) is 9.72. The van der Waals surface area contributed by atoms with Gasteiger partial charge < -0.3 is 31.1 Å². The summed E-state index contributed by atoms with van der Waals surface area (Å²) in [4.78, 5) is 21.1. The first-order chi connectivity index (χ1) is 13.6. The second kappa shape index (κ2) is 11.2. The number of carboxylic acids is 1. The van der Waals surface area contributed by atoms with Gasteiger partial charge in [0.2, 0.25) is 0 Å². The van der Waals surface area contributed by atoms with Crippen LogP contribution in [-0.2, 0) is 4.79 Å². The van der Waals surface area contributed by atoms with Gasteiger partial charge in [0.05, 0.1) is 12.2 Å². The molecule has 0 bridgehead atoms. The van der Waals surface area contributed by atoms with E-state index in [4.69, 9.17) is 25.8 Å². The molecule has 156 valence electrons. The highest BCUT2D eigenvalue weighted by Gasteiger charge is 2.15. The van der Waals surface area contributed by atoms with Crippen molar-refractivity contribution in [3.05, 3.63) is 53.1 Å². The standard InChI is InChI=1S/C18H21N3O4.C2H4O2/c1-11-9-13(22)10-15(23)16(11)18(24)21-7-2-8-25-14-5-3-12(4-6-14)17(19)20;1-2(3)4/h3-6,9-10,22-23H,2,7-8H2,1H3,(H3,19,20)(H,21,24);1H3,(H,3,4). The summed E-state index contributed by atoms with van der Waals surface area (Å²) >= 11 is 0. The van der Waals surface area contributed by atoms with Crippen LogP contribution in [0.3, 0.4) is 0 Å². The molecule has 0 atom stereocenters. The number of aromatic hydroxyl groups is 2. The number of hydrogen-bond acceptors (Lipinski definition) is 6. The summed E-state index contributed by atoms with van der Waals surface area (Å²) in [5.74, 6) is -0.918. The summed E-state index contributed by atoms with van der Waals surface area (Å²) in [6.07, 6.45) is 0.581. The molecule has 0 aromatic heterocycles. The van der Waals surface area contributed by atoms with Crippen LogP contribution in [0.4, 0.5) is 0 Å². The van der Waals surface area contributed by atoms with Gasteiger partial charge in [-0.3, -0.25) is 15.0 Å². The van der Waals surface area contributed by atoms with E-state index in [0.717, 1.165) is 13.0 Å². The lowest BCUT2D eigenvalue weighted by atomic mass is 10.1. The molecule has 0 radical (unpaired) electrons. The number of carbonyl (C=O) groups is 2. The number of benzene rings is 2. The lowest BCUT2D eigenvalue weighted by Gasteiger charge is -2.11. The number of hydrogen-bond donors (Lipinski definition) is 6. The second-order valence-electron chi connectivity index (χ2n) is 6.07. The summed E-state index contributed by atoms with van der Waals surface area (Å²) in [6.45, 7) is 3.51. The minimum atomic E-state index is -0.833. The van der Waals surface area contributed by atoms with Gasteiger partial charge in [-0.1, -0.05) is 0 Å². The van der Waals surface area contributed by atoms with Gasteiger partial charge in [-0.05, 0) is 49.2 Å². The molecule has 0 aliphatic carbocycles. The molecule has 9 nitrogen and oxygen atoms in total. The van der Waals surface area contributed by atoms with E-state index in [2.05, 4.69) is 5.32 Å². The van der Waals surface area contributed by atoms with Crippen molar-refractivity contribution in [2.45, 2.75) is 20.3 Å². The van der Waals surface area contributed by atoms with Crippen molar-refractivity contribution < 1.29 is 29.6 Å². The van der Waals surface area contributed by atoms with E-state index in [-0.39, 0.29) is 22.9 Å². The van der Waals surface area contributed by atoms with Crippen LogP contribution in [0.1, 0.15) is 34.8 Å². The Bertz CT molecular complexity index is 838. The van der Waals surface area contributed by atoms with E-state index in [1.54, 1.807) is 31.2 Å². The Kier molecular flexibility index (Phi) is 8.97. The molecule has 0 heterocycles. The SMILES string of the molecule is CC(=O)O.Cc1cc(O)cc(O)c1C(=O)NCCCOc1ccc(C(=N)N)cc1. The molecular formula is C20H25N3O6. The highest BCUT2D eigenvalue weighted by molar-refractivity contribution is 5.98. The zero-order valence-corrected chi connectivity index (χ0v) is 16.2. The van der Waals surface area contributed by atoms with Crippen molar-refractivity contribution in [2.24, 2.45) is 5.73 Å². The van der Waals surface area contributed by atoms with E-state index in [1.165, 1.54) is 6.07 Å². The Labute approximate surface area is 168 Å². The number of nitrogen functional groups attached to an aromatic ring is 1. The van der Waals surface area contributed by atoms with Gasteiger partial charge in [-0.25, -0.2) is 0 Å². The van der Waals surface area contributed by atoms with E-state index < -0.39 is 11.9 Å². The third-order valence-electron chi connectivity index (χ3n) is 3.57. The number of aliphatic carboxylic acids is 1. The maximum atomic E-state index is 12.1. The molecule has 2 aromatic rings. The molecule has 1 amide bonds. The van der Waals surface area contributed by atoms with Crippen LogP contribution in [0, 0.1) is 12.3 Å². The second-order valence-corrected chi connectivity index (χ2v) is 6.07. The summed E-state index contributed by atoms with van der Waals surface area (Å²) < 4.78 is 5.55. The third-order valence-corrected chi connectivity index (χ3v) is 3.57. The van der Waals surface area contributed by atoms with Crippen molar-refractivity contribution in [1.82, 2.24) is 5.32 Å². The lowest BCUT2D eigenvalue weighted by molar-refractivity contribution is -0.134. The van der Waals surface area contributed by atoms with Crippen molar-refractivity contribution in [1.29, 1.82) is 5.41 Å². The topological polar surface area (TPSA) is 166 Å². The predicted molar refractivity (Wildman–Crippen MR) is 108 cm³/mol. The molecule has 7 N–H and O–H groups in total. The zero-order valence-electron chi connectivity index (χ0n) is 16.2. The zero-order chi connectivity index (χ0) is 22.0. The Balaban J connectivity index is 0.000000960. The fourth-order valence-corrected chi connectivity index (χ4v) is 2.33. The van der Waals surface area contributed by atoms with E-state index in [0.29, 0.717) is 36.4 Å². The van der Waals surface area contributed by atoms with E-state index >= 15 is 0 Å². The summed E-state index contributed by atoms with van der Waals surface area (Å²) in [6, 6.07) is 9.42. The highest BCUT2D eigenvalue weighted by Crippen LogP contribution is 2.26. The van der Waals surface area contributed by atoms with Crippen LogP contribution in [0.25, 0.3) is 0 Å². The molecule has 9 heteroatoms. The minimum Gasteiger partial charge on any atom is -0.508 e. The summed E-state index contributed by atoms with van der Waals surface area (Å²) in [5.41, 5.74) is 6.66. The molecule has 29 heavy (non-hydrogen) atoms. The highest BCUT2D eigenvalue weighted by atomic mass is 16.5. The number of phenolic OH excluding ortho intramolecular Hbond substituents is 2. The fraction of sp³-hybridized carbons (Fsp3) is 0.250. The molecule has 0 saturated carbocycles. The molecule has 0 unspecified atom stereocenters. The molecular weight excluding hydrogens is 378 g/mol. The Morgan fingerprint density at radius 2 is 1.76 bits per heavy atom. The first-order valence-corrected chi connectivity index (χ1v) is 8.69. The van der Waals surface area contributed by atoms with Crippen LogP contribution < -0.4 is 15.8 Å². The maximum Gasteiger partial charge on any atom is 0.300 e. The minimum absolute atomic E-state index is 0.00189. The van der Waals surface area contributed by atoms with Gasteiger partial charge in [-0.2, -0.15) is 0 Å². The van der Waals surface area contributed by atoms with Crippen molar-refractivity contribution in [2.75, 3.05) is 13.2 Å². The average Bonchev–Trinajstić information content (AvgIpc) is 2.60. The number of aryl methyl sites for hydroxylation is 1. The Morgan fingerprint density at radius 1 is 1.17 bits per heavy atom. The van der Waals surface area contributed by atoms with Crippen molar-refractivity contribution in [3.8, 4) is 17.2 Å². The molecule has 0 fully saturated rings. The molecule has 2 rings (SSSR count). The van der Waals surface area contributed by atoms with E-state index in [1.807, 2.05) is 0 Å². The van der Waals surface area contributed by atoms with Crippen LogP contribution >= 0.6 is 0 Å². The van der Waals surface area contributed by atoms with Gasteiger partial charge in [0.15, 0.2) is 0 Å². The molecule has 0 spiro atoms. The Hall–Kier alpha value is -3.75. The van der Waals surface area contributed by atoms with Gasteiger partial charge in [-0.15, -0.1) is 0 Å². The van der Waals surface area contributed by atoms with Gasteiger partial charge >= 0.3 is 0 Å². The molecule has 2 aromatic carbocycles. The largest absolute Gasteiger partial charge is 0.508 e. The summed E-state index contributed by atoms with van der Waals surface area (Å²) in [7, 11) is 0. The predicted octanol–water partition coefficient (Wildman–Crippen LogP) is 1.98. The number of nitrogens with one attached hydrogen (secondary N) is 2. The van der Waals surface area contributed by atoms with Crippen LogP contribution in [0.5, 0.6) is 17.2 Å². The maximum absolute atomic E-state index is 12.1. The van der Waals surface area contributed by atoms with E-state index in [9.17, 15) is 15.0 Å². The van der Waals surface area contributed by atoms with Gasteiger partial charge in [0.25, 0.3) is 11.9 Å². The lowest BCUT2D eigenvalue weighted by Crippen LogP contribution is -2.26. The summed E-state index contributed by atoms with van der Waals surface area (Å²) in [5, 5.41) is 36.6. The van der Waals surface area contributed by atoms with Gasteiger partial charge in [0.1, 0.15) is 23.1 Å². The molecule has 0 aliphatic rings. The number of nitrogens with two attached hydrogens (primary N) is 1. The van der Waals surface area contributed by atoms with Crippen LogP contribution in [0.2, 0.25) is 0 Å². The third kappa shape index (κ3) is 8.21. The Morgan fingerprint density at radius 3 is 2.28 bits per heavy atom. The van der Waals surface area contributed by atoms with Crippen molar-refractivity contribution in [3.63, 3.8) is 0 Å². The average molecular weight is 403 g/mol. The van der Waals surface area contributed by atoms with Crippen LogP contribution in [0.15, 0.2) is 36.4 Å². The number of ether oxygens (including phenoxy) is 1. The first-order valence-electron chi connectivity index (χ1n) is 8.69. The fourth-order valence-electron chi connectivity index (χ4n) is 2.33. The number of amidine groups is 1. The van der Waals surface area contributed by atoms with Crippen molar-refractivity contribution >= 4 is 17.7 Å². The smallest absolute Gasteiger partial charge is 0.300 e. The number of rotatable bonds is 7. The number of phenols is 2. The number of amides is 1. The number of carbonyl (C=O) groups excluding carboxylic acids is 1.